The molecule has 0 aliphatic carbocycles. The van der Waals surface area contributed by atoms with Crippen LogP contribution in [0.15, 0.2) is 42.5 Å². The molecule has 6 heteroatoms. The molecule has 1 amide bonds. The summed E-state index contributed by atoms with van der Waals surface area (Å²) in [5.74, 6) is 1.25. The summed E-state index contributed by atoms with van der Waals surface area (Å²) in [5, 5.41) is 0. The van der Waals surface area contributed by atoms with Gasteiger partial charge in [-0.1, -0.05) is 12.1 Å². The molecule has 6 nitrogen and oxygen atoms in total. The van der Waals surface area contributed by atoms with Gasteiger partial charge in [-0.2, -0.15) is 0 Å². The van der Waals surface area contributed by atoms with Gasteiger partial charge in [0.25, 0.3) is 5.91 Å². The maximum atomic E-state index is 13.2. The van der Waals surface area contributed by atoms with E-state index < -0.39 is 0 Å². The van der Waals surface area contributed by atoms with Crippen LogP contribution >= 0.6 is 0 Å². The van der Waals surface area contributed by atoms with Gasteiger partial charge >= 0.3 is 0 Å². The molecule has 1 saturated heterocycles. The standard InChI is InChI=1S/C23H23N5O/c1-14-15(2)25-21-12-16(9-10-20(21)24-14)23(29)28-11-5-6-17(13-28)22-26-18-7-3-4-8-19(18)27-22/h3-4,7-10,12,17H,5-6,11,13H2,1-2H3,(H,26,27). The summed E-state index contributed by atoms with van der Waals surface area (Å²) in [7, 11) is 0. The highest BCUT2D eigenvalue weighted by Crippen LogP contribution is 2.28. The Bertz CT molecular complexity index is 1200. The maximum absolute atomic E-state index is 13.2. The Morgan fingerprint density at radius 3 is 2.62 bits per heavy atom. The molecule has 2 aromatic heterocycles. The minimum atomic E-state index is 0.0488. The highest BCUT2D eigenvalue weighted by atomic mass is 16.2. The SMILES string of the molecule is Cc1nc2ccc(C(=O)N3CCCC(c4nc5ccccc5[nH]4)C3)cc2nc1C. The van der Waals surface area contributed by atoms with Gasteiger partial charge in [-0.25, -0.2) is 15.0 Å². The van der Waals surface area contributed by atoms with Crippen molar-refractivity contribution in [2.75, 3.05) is 13.1 Å². The summed E-state index contributed by atoms with van der Waals surface area (Å²) in [6.07, 6.45) is 2.00. The first-order valence-electron chi connectivity index (χ1n) is 10.1. The number of para-hydroxylation sites is 2. The van der Waals surface area contributed by atoms with Crippen LogP contribution in [0, 0.1) is 13.8 Å². The van der Waals surface area contributed by atoms with Crippen molar-refractivity contribution in [2.45, 2.75) is 32.6 Å². The molecule has 1 N–H and O–H groups in total. The van der Waals surface area contributed by atoms with E-state index in [0.29, 0.717) is 12.1 Å². The fraction of sp³-hybridized carbons (Fsp3) is 0.304. The van der Waals surface area contributed by atoms with Crippen molar-refractivity contribution in [3.8, 4) is 0 Å². The Kier molecular flexibility index (Phi) is 4.27. The minimum Gasteiger partial charge on any atom is -0.342 e. The third-order valence-corrected chi connectivity index (χ3v) is 5.83. The first-order chi connectivity index (χ1) is 14.1. The van der Waals surface area contributed by atoms with Crippen LogP contribution in [0.1, 0.15) is 46.3 Å². The molecule has 4 aromatic rings. The van der Waals surface area contributed by atoms with Gasteiger partial charge in [0.15, 0.2) is 0 Å². The number of carbonyl (C=O) groups is 1. The van der Waals surface area contributed by atoms with Gasteiger partial charge in [0.05, 0.1) is 33.5 Å². The van der Waals surface area contributed by atoms with Crippen molar-refractivity contribution in [1.29, 1.82) is 0 Å². The Morgan fingerprint density at radius 1 is 1.00 bits per heavy atom. The Balaban J connectivity index is 1.40. The molecular weight excluding hydrogens is 362 g/mol. The van der Waals surface area contributed by atoms with Crippen LogP contribution < -0.4 is 0 Å². The Labute approximate surface area is 169 Å². The molecule has 29 heavy (non-hydrogen) atoms. The molecule has 0 spiro atoms. The van der Waals surface area contributed by atoms with E-state index in [0.717, 1.165) is 58.7 Å². The predicted molar refractivity (Wildman–Crippen MR) is 113 cm³/mol. The number of hydrogen-bond donors (Lipinski definition) is 1. The predicted octanol–water partition coefficient (Wildman–Crippen LogP) is 4.14. The first-order valence-corrected chi connectivity index (χ1v) is 10.1. The summed E-state index contributed by atoms with van der Waals surface area (Å²) in [4.78, 5) is 32.5. The van der Waals surface area contributed by atoms with Crippen molar-refractivity contribution in [2.24, 2.45) is 0 Å². The summed E-state index contributed by atoms with van der Waals surface area (Å²) in [6, 6.07) is 13.7. The zero-order valence-electron chi connectivity index (χ0n) is 16.6. The first kappa shape index (κ1) is 17.8. The third-order valence-electron chi connectivity index (χ3n) is 5.83. The number of amides is 1. The molecule has 1 unspecified atom stereocenters. The molecule has 1 atom stereocenters. The summed E-state index contributed by atoms with van der Waals surface area (Å²) >= 11 is 0. The van der Waals surface area contributed by atoms with Crippen LogP contribution in [-0.4, -0.2) is 43.8 Å². The number of imidazole rings is 1. The average Bonchev–Trinajstić information content (AvgIpc) is 3.18. The minimum absolute atomic E-state index is 0.0488. The third kappa shape index (κ3) is 3.24. The number of nitrogens with one attached hydrogen (secondary N) is 1. The van der Waals surface area contributed by atoms with E-state index in [1.807, 2.05) is 61.2 Å². The topological polar surface area (TPSA) is 74.8 Å². The normalized spacial score (nSPS) is 17.2. The van der Waals surface area contributed by atoms with Crippen LogP contribution in [0.4, 0.5) is 0 Å². The van der Waals surface area contributed by atoms with Gasteiger partial charge in [0, 0.05) is 24.6 Å². The summed E-state index contributed by atoms with van der Waals surface area (Å²) in [6.45, 7) is 5.34. The number of carbonyl (C=O) groups excluding carboxylic acids is 1. The largest absolute Gasteiger partial charge is 0.342 e. The van der Waals surface area contributed by atoms with E-state index in [4.69, 9.17) is 4.98 Å². The molecular formula is C23H23N5O. The van der Waals surface area contributed by atoms with Crippen LogP contribution in [0.2, 0.25) is 0 Å². The number of rotatable bonds is 2. The fourth-order valence-corrected chi connectivity index (χ4v) is 4.10. The van der Waals surface area contributed by atoms with Gasteiger partial charge in [-0.3, -0.25) is 4.79 Å². The van der Waals surface area contributed by atoms with Crippen LogP contribution in [-0.2, 0) is 0 Å². The number of nitrogens with zero attached hydrogens (tertiary/aromatic N) is 4. The van der Waals surface area contributed by atoms with Crippen molar-refractivity contribution in [1.82, 2.24) is 24.8 Å². The van der Waals surface area contributed by atoms with Gasteiger partial charge in [-0.15, -0.1) is 0 Å². The van der Waals surface area contributed by atoms with Gasteiger partial charge in [0.2, 0.25) is 0 Å². The lowest BCUT2D eigenvalue weighted by atomic mass is 9.96. The lowest BCUT2D eigenvalue weighted by Crippen LogP contribution is -2.39. The van der Waals surface area contributed by atoms with Crippen molar-refractivity contribution in [3.63, 3.8) is 0 Å². The molecule has 2 aromatic carbocycles. The monoisotopic (exact) mass is 385 g/mol. The molecule has 1 fully saturated rings. The summed E-state index contributed by atoms with van der Waals surface area (Å²) in [5.41, 5.74) is 6.09. The van der Waals surface area contributed by atoms with E-state index in [9.17, 15) is 4.79 Å². The summed E-state index contributed by atoms with van der Waals surface area (Å²) < 4.78 is 0. The lowest BCUT2D eigenvalue weighted by molar-refractivity contribution is 0.0705. The smallest absolute Gasteiger partial charge is 0.253 e. The average molecular weight is 385 g/mol. The van der Waals surface area contributed by atoms with E-state index in [1.54, 1.807) is 0 Å². The number of aryl methyl sites for hydroxylation is 2. The molecule has 0 radical (unpaired) electrons. The molecule has 3 heterocycles. The Hall–Kier alpha value is -3.28. The van der Waals surface area contributed by atoms with E-state index in [-0.39, 0.29) is 11.8 Å². The lowest BCUT2D eigenvalue weighted by Gasteiger charge is -2.32. The number of aromatic amines is 1. The van der Waals surface area contributed by atoms with Crippen LogP contribution in [0.3, 0.4) is 0 Å². The number of H-pyrrole nitrogens is 1. The molecule has 0 bridgehead atoms. The zero-order valence-corrected chi connectivity index (χ0v) is 16.6. The number of aromatic nitrogens is 4. The second-order valence-electron chi connectivity index (χ2n) is 7.83. The molecule has 5 rings (SSSR count). The number of fused-ring (bicyclic) bond motifs is 2. The quantitative estimate of drug-likeness (QED) is 0.563. The molecule has 1 aliphatic rings. The van der Waals surface area contributed by atoms with Crippen molar-refractivity contribution in [3.05, 3.63) is 65.2 Å². The van der Waals surface area contributed by atoms with E-state index in [2.05, 4.69) is 15.0 Å². The Morgan fingerprint density at radius 2 is 1.79 bits per heavy atom. The van der Waals surface area contributed by atoms with Gasteiger partial charge in [0.1, 0.15) is 5.82 Å². The highest BCUT2D eigenvalue weighted by Gasteiger charge is 2.27. The number of likely N-dealkylation sites (tertiary alicyclic amines) is 1. The maximum Gasteiger partial charge on any atom is 0.253 e. The molecule has 1 aliphatic heterocycles. The number of piperidine rings is 1. The van der Waals surface area contributed by atoms with E-state index in [1.165, 1.54) is 0 Å². The van der Waals surface area contributed by atoms with E-state index >= 15 is 0 Å². The zero-order chi connectivity index (χ0) is 20.0. The molecule has 146 valence electrons. The number of benzene rings is 2. The van der Waals surface area contributed by atoms with Crippen LogP contribution in [0.25, 0.3) is 22.1 Å². The van der Waals surface area contributed by atoms with Gasteiger partial charge in [-0.05, 0) is 57.0 Å². The fourth-order valence-electron chi connectivity index (χ4n) is 4.10. The molecule has 0 saturated carbocycles. The van der Waals surface area contributed by atoms with Gasteiger partial charge < -0.3 is 9.88 Å². The highest BCUT2D eigenvalue weighted by molar-refractivity contribution is 5.97. The second kappa shape index (κ2) is 6.95. The van der Waals surface area contributed by atoms with Crippen molar-refractivity contribution < 1.29 is 4.79 Å². The number of hydrogen-bond acceptors (Lipinski definition) is 4. The van der Waals surface area contributed by atoms with Crippen molar-refractivity contribution >= 4 is 28.0 Å². The second-order valence-corrected chi connectivity index (χ2v) is 7.83. The van der Waals surface area contributed by atoms with Crippen LogP contribution in [0.5, 0.6) is 0 Å².